The maximum atomic E-state index is 12.1. The van der Waals surface area contributed by atoms with Crippen LogP contribution in [0, 0.1) is 13.8 Å². The first-order valence-electron chi connectivity index (χ1n) is 5.55. The lowest BCUT2D eigenvalue weighted by atomic mass is 10.2. The predicted molar refractivity (Wildman–Crippen MR) is 74.8 cm³/mol. The van der Waals surface area contributed by atoms with Crippen molar-refractivity contribution in [2.45, 2.75) is 13.8 Å². The topological polar surface area (TPSA) is 46.9 Å². The summed E-state index contributed by atoms with van der Waals surface area (Å²) in [5.74, 6) is -0.146. The zero-order valence-electron chi connectivity index (χ0n) is 10.5. The van der Waals surface area contributed by atoms with Crippen molar-refractivity contribution in [2.75, 3.05) is 5.32 Å². The molecule has 1 aromatic heterocycles. The smallest absolute Gasteiger partial charge is 0.259 e. The maximum absolute atomic E-state index is 12.1. The number of hydrogen-bond donors (Lipinski definition) is 1. The second-order valence-electron chi connectivity index (χ2n) is 4.20. The summed E-state index contributed by atoms with van der Waals surface area (Å²) >= 11 is 3.42. The minimum atomic E-state index is -0.146. The molecule has 0 fully saturated rings. The van der Waals surface area contributed by atoms with E-state index in [1.165, 1.54) is 0 Å². The van der Waals surface area contributed by atoms with E-state index in [0.29, 0.717) is 5.56 Å². The average molecular weight is 308 g/mol. The van der Waals surface area contributed by atoms with E-state index < -0.39 is 0 Å². The Kier molecular flexibility index (Phi) is 3.52. The SMILES string of the molecule is Cc1ccc(Br)c(NC(=O)c2cnn(C)c2C)c1. The second kappa shape index (κ2) is 4.94. The number of hydrogen-bond acceptors (Lipinski definition) is 2. The summed E-state index contributed by atoms with van der Waals surface area (Å²) in [7, 11) is 1.81. The number of aryl methyl sites for hydroxylation is 2. The average Bonchev–Trinajstić information content (AvgIpc) is 2.65. The molecule has 4 nitrogen and oxygen atoms in total. The number of amides is 1. The fraction of sp³-hybridized carbons (Fsp3) is 0.231. The number of nitrogens with one attached hydrogen (secondary N) is 1. The number of nitrogens with zero attached hydrogens (tertiary/aromatic N) is 2. The molecule has 5 heteroatoms. The number of aromatic nitrogens is 2. The highest BCUT2D eigenvalue weighted by molar-refractivity contribution is 9.10. The van der Waals surface area contributed by atoms with Crippen molar-refractivity contribution in [2.24, 2.45) is 7.05 Å². The summed E-state index contributed by atoms with van der Waals surface area (Å²) in [6.07, 6.45) is 1.58. The molecule has 2 rings (SSSR count). The van der Waals surface area contributed by atoms with E-state index in [1.54, 1.807) is 10.9 Å². The molecular formula is C13H14BrN3O. The lowest BCUT2D eigenvalue weighted by Gasteiger charge is -2.08. The molecule has 1 aromatic carbocycles. The zero-order valence-corrected chi connectivity index (χ0v) is 12.1. The summed E-state index contributed by atoms with van der Waals surface area (Å²) < 4.78 is 2.54. The Morgan fingerprint density at radius 3 is 2.72 bits per heavy atom. The van der Waals surface area contributed by atoms with Crippen molar-refractivity contribution in [3.63, 3.8) is 0 Å². The number of halogens is 1. The summed E-state index contributed by atoms with van der Waals surface area (Å²) in [6.45, 7) is 3.85. The van der Waals surface area contributed by atoms with Crippen LogP contribution in [0.1, 0.15) is 21.6 Å². The van der Waals surface area contributed by atoms with Gasteiger partial charge < -0.3 is 5.32 Å². The number of rotatable bonds is 2. The molecule has 2 aromatic rings. The molecular weight excluding hydrogens is 294 g/mol. The first-order valence-corrected chi connectivity index (χ1v) is 6.34. The van der Waals surface area contributed by atoms with E-state index in [-0.39, 0.29) is 5.91 Å². The molecule has 0 bridgehead atoms. The third kappa shape index (κ3) is 2.46. The lowest BCUT2D eigenvalue weighted by Crippen LogP contribution is -2.13. The van der Waals surface area contributed by atoms with Gasteiger partial charge in [-0.15, -0.1) is 0 Å². The molecule has 0 spiro atoms. The quantitative estimate of drug-likeness (QED) is 0.927. The van der Waals surface area contributed by atoms with E-state index in [9.17, 15) is 4.79 Å². The first-order chi connectivity index (χ1) is 8.49. The van der Waals surface area contributed by atoms with E-state index in [4.69, 9.17) is 0 Å². The summed E-state index contributed by atoms with van der Waals surface area (Å²) in [4.78, 5) is 12.1. The third-order valence-corrected chi connectivity index (χ3v) is 3.54. The zero-order chi connectivity index (χ0) is 13.3. The highest BCUT2D eigenvalue weighted by Crippen LogP contribution is 2.24. The molecule has 1 heterocycles. The fourth-order valence-corrected chi connectivity index (χ4v) is 1.99. The van der Waals surface area contributed by atoms with Crippen molar-refractivity contribution in [3.05, 3.63) is 45.7 Å². The minimum absolute atomic E-state index is 0.146. The van der Waals surface area contributed by atoms with Crippen LogP contribution >= 0.6 is 15.9 Å². The van der Waals surface area contributed by atoms with Gasteiger partial charge >= 0.3 is 0 Å². The van der Waals surface area contributed by atoms with Crippen molar-refractivity contribution in [1.82, 2.24) is 9.78 Å². The predicted octanol–water partition coefficient (Wildman–Crippen LogP) is 3.05. The Labute approximate surface area is 114 Å². The molecule has 0 atom stereocenters. The largest absolute Gasteiger partial charge is 0.321 e. The fourth-order valence-electron chi connectivity index (χ4n) is 1.65. The highest BCUT2D eigenvalue weighted by Gasteiger charge is 2.13. The van der Waals surface area contributed by atoms with Crippen LogP contribution in [0.25, 0.3) is 0 Å². The van der Waals surface area contributed by atoms with Crippen LogP contribution in [-0.4, -0.2) is 15.7 Å². The number of anilines is 1. The molecule has 94 valence electrons. The Morgan fingerprint density at radius 1 is 1.39 bits per heavy atom. The van der Waals surface area contributed by atoms with Crippen LogP contribution in [0.3, 0.4) is 0 Å². The molecule has 0 radical (unpaired) electrons. The monoisotopic (exact) mass is 307 g/mol. The minimum Gasteiger partial charge on any atom is -0.321 e. The van der Waals surface area contributed by atoms with E-state index in [0.717, 1.165) is 21.4 Å². The molecule has 0 aliphatic heterocycles. The molecule has 0 saturated heterocycles. The van der Waals surface area contributed by atoms with Gasteiger partial charge in [-0.25, -0.2) is 0 Å². The van der Waals surface area contributed by atoms with Gasteiger partial charge in [-0.2, -0.15) is 5.10 Å². The molecule has 1 N–H and O–H groups in total. The molecule has 18 heavy (non-hydrogen) atoms. The van der Waals surface area contributed by atoms with Crippen LogP contribution in [0.2, 0.25) is 0 Å². The van der Waals surface area contributed by atoms with E-state index >= 15 is 0 Å². The number of benzene rings is 1. The van der Waals surface area contributed by atoms with Gasteiger partial charge in [0.15, 0.2) is 0 Å². The first kappa shape index (κ1) is 12.8. The van der Waals surface area contributed by atoms with Crippen molar-refractivity contribution >= 4 is 27.5 Å². The highest BCUT2D eigenvalue weighted by atomic mass is 79.9. The lowest BCUT2D eigenvalue weighted by molar-refractivity contribution is 0.102. The van der Waals surface area contributed by atoms with E-state index in [2.05, 4.69) is 26.3 Å². The van der Waals surface area contributed by atoms with Crippen LogP contribution in [-0.2, 0) is 7.05 Å². The molecule has 0 saturated carbocycles. The Hall–Kier alpha value is -1.62. The van der Waals surface area contributed by atoms with Crippen molar-refractivity contribution < 1.29 is 4.79 Å². The maximum Gasteiger partial charge on any atom is 0.259 e. The molecule has 0 unspecified atom stereocenters. The van der Waals surface area contributed by atoms with Gasteiger partial charge in [0, 0.05) is 17.2 Å². The summed E-state index contributed by atoms with van der Waals surface area (Å²) in [6, 6.07) is 5.82. The Bertz CT molecular complexity index is 604. The number of carbonyl (C=O) groups is 1. The summed E-state index contributed by atoms with van der Waals surface area (Å²) in [5.41, 5.74) is 3.29. The summed E-state index contributed by atoms with van der Waals surface area (Å²) in [5, 5.41) is 6.95. The molecule has 1 amide bonds. The molecule has 0 aliphatic carbocycles. The van der Waals surface area contributed by atoms with Gasteiger partial charge in [0.1, 0.15) is 0 Å². The van der Waals surface area contributed by atoms with Crippen molar-refractivity contribution in [3.8, 4) is 0 Å². The van der Waals surface area contributed by atoms with Crippen LogP contribution < -0.4 is 5.32 Å². The van der Waals surface area contributed by atoms with Crippen LogP contribution in [0.5, 0.6) is 0 Å². The van der Waals surface area contributed by atoms with Gasteiger partial charge in [0.25, 0.3) is 5.91 Å². The Balaban J connectivity index is 2.27. The van der Waals surface area contributed by atoms with Crippen molar-refractivity contribution in [1.29, 1.82) is 0 Å². The normalized spacial score (nSPS) is 10.4. The molecule has 0 aliphatic rings. The Morgan fingerprint density at radius 2 is 2.11 bits per heavy atom. The van der Waals surface area contributed by atoms with Gasteiger partial charge in [0.2, 0.25) is 0 Å². The van der Waals surface area contributed by atoms with Gasteiger partial charge in [0.05, 0.1) is 17.4 Å². The van der Waals surface area contributed by atoms with Crippen LogP contribution in [0.4, 0.5) is 5.69 Å². The van der Waals surface area contributed by atoms with Gasteiger partial charge in [-0.1, -0.05) is 6.07 Å². The van der Waals surface area contributed by atoms with Gasteiger partial charge in [-0.3, -0.25) is 9.48 Å². The standard InChI is InChI=1S/C13H14BrN3O/c1-8-4-5-11(14)12(6-8)16-13(18)10-7-15-17(3)9(10)2/h4-7H,1-3H3,(H,16,18). The third-order valence-electron chi connectivity index (χ3n) is 2.85. The van der Waals surface area contributed by atoms with Gasteiger partial charge in [-0.05, 0) is 47.5 Å². The number of carbonyl (C=O) groups excluding carboxylic acids is 1. The van der Waals surface area contributed by atoms with E-state index in [1.807, 2.05) is 39.1 Å². The van der Waals surface area contributed by atoms with Crippen LogP contribution in [0.15, 0.2) is 28.9 Å². The second-order valence-corrected chi connectivity index (χ2v) is 5.06.